The summed E-state index contributed by atoms with van der Waals surface area (Å²) in [6, 6.07) is 0. The Morgan fingerprint density at radius 1 is 0.750 bits per heavy atom. The maximum absolute atomic E-state index is 8.36. The molecule has 0 aromatic carbocycles. The Hall–Kier alpha value is -2.64. The second-order valence-electron chi connectivity index (χ2n) is 0.403. The molecule has 0 aliphatic rings. The summed E-state index contributed by atoms with van der Waals surface area (Å²) >= 11 is 0. The normalized spacial score (nSPS) is 3.50. The predicted molar refractivity (Wildman–Crippen MR) is 53.1 cm³/mol. The number of hydrogen-bond acceptors (Lipinski definition) is 6. The van der Waals surface area contributed by atoms with Gasteiger partial charge in [-0.3, -0.25) is 9.59 Å². The van der Waals surface area contributed by atoms with Crippen molar-refractivity contribution in [1.82, 2.24) is 0 Å². The Labute approximate surface area is 94.3 Å². The third-order valence-electron chi connectivity index (χ3n) is 0. The molecule has 0 atom stereocenters. The number of hydrogen-bond donors (Lipinski definition) is 2. The molecule has 0 saturated carbocycles. The average Bonchev–Trinajstić information content (AvgIpc) is 2.27. The van der Waals surface area contributed by atoms with E-state index in [4.69, 9.17) is 39.6 Å². The molecule has 0 heterocycles. The van der Waals surface area contributed by atoms with E-state index in [0.29, 0.717) is 0 Å². The Bertz CT molecular complexity index is 94.1. The number of rotatable bonds is 0. The van der Waals surface area contributed by atoms with Gasteiger partial charge in [0.15, 0.2) is 0 Å². The zero-order valence-corrected chi connectivity index (χ0v) is 8.48. The fraction of sp³-hybridized carbons (Fsp3) is 0. The highest BCUT2D eigenvalue weighted by Crippen LogP contribution is 0.969. The molecule has 8 heteroatoms. The van der Waals surface area contributed by atoms with E-state index in [2.05, 4.69) is 26.3 Å². The van der Waals surface area contributed by atoms with Crippen molar-refractivity contribution in [3.63, 3.8) is 0 Å². The lowest BCUT2D eigenvalue weighted by Gasteiger charge is -1.52. The van der Waals surface area contributed by atoms with Crippen LogP contribution in [0.25, 0.3) is 0 Å². The second-order valence-corrected chi connectivity index (χ2v) is 0.403. The van der Waals surface area contributed by atoms with E-state index in [1.807, 2.05) is 0 Å². The van der Waals surface area contributed by atoms with Gasteiger partial charge in [0.2, 0.25) is 0 Å². The summed E-state index contributed by atoms with van der Waals surface area (Å²) in [5, 5.41) is 30.3. The highest BCUT2D eigenvalue weighted by Gasteiger charge is 1.22. The van der Waals surface area contributed by atoms with Crippen molar-refractivity contribution in [2.24, 2.45) is 0 Å². The first kappa shape index (κ1) is 37.7. The van der Waals surface area contributed by atoms with Crippen molar-refractivity contribution >= 4 is 25.9 Å². The van der Waals surface area contributed by atoms with Crippen LogP contribution in [0, 0.1) is 0 Å². The highest BCUT2D eigenvalue weighted by molar-refractivity contribution is 5.33. The molecule has 0 aliphatic carbocycles. The summed E-state index contributed by atoms with van der Waals surface area (Å²) in [6.07, 6.45) is 0. The van der Waals surface area contributed by atoms with E-state index in [1.54, 1.807) is 0 Å². The monoisotopic (exact) mass is 239 g/mol. The standard InChI is InChI=1S/2C2H4.4CH2O2/c2*1-2;4*2-1-3/h2*1-2H2;4*1H,(H,2,3)/p-1. The quantitative estimate of drug-likeness (QED) is 0.358. The number of carboxylic acid groups (broad SMARTS) is 4. The van der Waals surface area contributed by atoms with Gasteiger partial charge in [-0.15, -0.1) is 26.3 Å². The summed E-state index contributed by atoms with van der Waals surface area (Å²) in [5.41, 5.74) is 0. The number of carbonyl (C=O) groups is 4. The molecule has 8 nitrogen and oxygen atoms in total. The van der Waals surface area contributed by atoms with E-state index < -0.39 is 12.9 Å². The van der Waals surface area contributed by atoms with E-state index in [-0.39, 0.29) is 14.4 Å². The molecule has 0 fully saturated rings. The van der Waals surface area contributed by atoms with Gasteiger partial charge in [-0.2, -0.15) is 0 Å². The van der Waals surface area contributed by atoms with Gasteiger partial charge in [0.1, 0.15) is 0 Å². The molecule has 0 amide bonds. The Morgan fingerprint density at radius 3 is 0.750 bits per heavy atom. The third-order valence-corrected chi connectivity index (χ3v) is 0. The molecule has 0 aliphatic heterocycles. The summed E-state index contributed by atoms with van der Waals surface area (Å²) < 4.78 is 0. The van der Waals surface area contributed by atoms with Crippen molar-refractivity contribution in [2.75, 3.05) is 0 Å². The molecule has 96 valence electrons. The van der Waals surface area contributed by atoms with Crippen LogP contribution < -0.4 is 10.2 Å². The van der Waals surface area contributed by atoms with E-state index in [1.165, 1.54) is 0 Å². The predicted octanol–water partition coefficient (Wildman–Crippen LogP) is -2.15. The van der Waals surface area contributed by atoms with Crippen LogP contribution in [0.1, 0.15) is 1.43 Å². The van der Waals surface area contributed by atoms with Crippen LogP contribution in [0.3, 0.4) is 0 Å². The molecule has 0 saturated heterocycles. The van der Waals surface area contributed by atoms with Gasteiger partial charge >= 0.3 is 1.43 Å². The van der Waals surface area contributed by atoms with Gasteiger partial charge in [0.25, 0.3) is 12.9 Å². The molecule has 0 spiro atoms. The summed E-state index contributed by atoms with van der Waals surface area (Å²) in [4.78, 5) is 33.2. The molecule has 0 radical (unpaired) electrons. The maximum Gasteiger partial charge on any atom is 1.00 e. The molecule has 0 bridgehead atoms. The number of carbonyl (C=O) groups excluding carboxylic acids is 2. The van der Waals surface area contributed by atoms with Crippen LogP contribution in [-0.2, 0) is 19.2 Å². The van der Waals surface area contributed by atoms with Gasteiger partial charge in [-0.25, -0.2) is 0 Å². The lowest BCUT2D eigenvalue weighted by molar-refractivity contribution is -0.284. The van der Waals surface area contributed by atoms with Gasteiger partial charge in [-0.05, 0) is 0 Å². The topological polar surface area (TPSA) is 155 Å². The first-order valence-electron chi connectivity index (χ1n) is 2.93. The van der Waals surface area contributed by atoms with Crippen molar-refractivity contribution in [1.29, 1.82) is 0 Å². The second kappa shape index (κ2) is 862. The summed E-state index contributed by atoms with van der Waals surface area (Å²) in [6.45, 7) is 10.5. The average molecular weight is 239 g/mol. The molecular formula is C8H15O8-. The Balaban J connectivity index is -0.0000000141. The van der Waals surface area contributed by atoms with Crippen molar-refractivity contribution in [3.05, 3.63) is 26.3 Å². The fourth-order valence-electron chi connectivity index (χ4n) is 0. The minimum absolute atomic E-state index is 0. The van der Waals surface area contributed by atoms with Crippen LogP contribution >= 0.6 is 0 Å². The molecular weight excluding hydrogens is 224 g/mol. The van der Waals surface area contributed by atoms with Crippen molar-refractivity contribution in [3.8, 4) is 0 Å². The Kier molecular flexibility index (Phi) is 2030. The zero-order chi connectivity index (χ0) is 14.8. The maximum atomic E-state index is 8.36. The summed E-state index contributed by atoms with van der Waals surface area (Å²) in [7, 11) is 0. The minimum Gasteiger partial charge on any atom is -0.554 e. The lowest BCUT2D eigenvalue weighted by Crippen LogP contribution is -2.01. The van der Waals surface area contributed by atoms with Gasteiger partial charge < -0.3 is 30.0 Å². The van der Waals surface area contributed by atoms with Crippen LogP contribution in [0.15, 0.2) is 26.3 Å². The van der Waals surface area contributed by atoms with E-state index in [0.717, 1.165) is 0 Å². The van der Waals surface area contributed by atoms with Crippen molar-refractivity contribution in [2.45, 2.75) is 0 Å². The molecule has 0 aromatic rings. The smallest absolute Gasteiger partial charge is 0.554 e. The van der Waals surface area contributed by atoms with Crippen LogP contribution in [0.5, 0.6) is 0 Å². The Morgan fingerprint density at radius 2 is 0.750 bits per heavy atom. The van der Waals surface area contributed by atoms with Crippen LogP contribution in [0.2, 0.25) is 0 Å². The SMILES string of the molecule is C=C.C=C.O=CO.O=CO.O=C[O-].O=C[O-].[H+]. The van der Waals surface area contributed by atoms with Gasteiger partial charge in [-0.1, -0.05) is 0 Å². The van der Waals surface area contributed by atoms with Gasteiger partial charge in [0, 0.05) is 12.9 Å². The highest BCUT2D eigenvalue weighted by atomic mass is 16.4. The fourth-order valence-corrected chi connectivity index (χ4v) is 0. The largest absolute Gasteiger partial charge is 1.00 e. The minimum atomic E-state index is -0.500. The van der Waals surface area contributed by atoms with Gasteiger partial charge in [0.05, 0.1) is 0 Å². The lowest BCUT2D eigenvalue weighted by atomic mass is 11.3. The molecule has 16 heavy (non-hydrogen) atoms. The van der Waals surface area contributed by atoms with Crippen LogP contribution in [0.4, 0.5) is 0 Å². The van der Waals surface area contributed by atoms with E-state index >= 15 is 0 Å². The van der Waals surface area contributed by atoms with Crippen molar-refractivity contribution < 1.29 is 41.0 Å². The molecule has 2 N–H and O–H groups in total. The van der Waals surface area contributed by atoms with Crippen LogP contribution in [-0.4, -0.2) is 36.1 Å². The first-order chi connectivity index (χ1) is 7.66. The zero-order valence-electron chi connectivity index (χ0n) is 9.48. The molecule has 0 unspecified atom stereocenters. The molecule has 0 rings (SSSR count). The summed E-state index contributed by atoms with van der Waals surface area (Å²) in [5.74, 6) is 0. The first-order valence-corrected chi connectivity index (χ1v) is 2.93. The van der Waals surface area contributed by atoms with E-state index in [9.17, 15) is 0 Å². The molecule has 0 aromatic heterocycles. The third kappa shape index (κ3) is 175.